The summed E-state index contributed by atoms with van der Waals surface area (Å²) in [6, 6.07) is 11.7. The Morgan fingerprint density at radius 2 is 1.72 bits per heavy atom. The van der Waals surface area contributed by atoms with Gasteiger partial charge in [-0.15, -0.1) is 0 Å². The Labute approximate surface area is 104 Å². The van der Waals surface area contributed by atoms with Crippen molar-refractivity contribution in [3.8, 4) is 0 Å². The van der Waals surface area contributed by atoms with Crippen LogP contribution >= 0.6 is 0 Å². The molecule has 18 heavy (non-hydrogen) atoms. The first-order valence-corrected chi connectivity index (χ1v) is 6.18. The summed E-state index contributed by atoms with van der Waals surface area (Å²) >= 11 is 0. The van der Waals surface area contributed by atoms with Crippen LogP contribution in [0.1, 0.15) is 22.3 Å². The molecule has 0 radical (unpaired) electrons. The molecule has 2 aliphatic rings. The first kappa shape index (κ1) is 10.2. The number of ether oxygens (including phenoxy) is 2. The average Bonchev–Trinajstić information content (AvgIpc) is 2.66. The fraction of sp³-hybridized carbons (Fsp3) is 0.267. The van der Waals surface area contributed by atoms with E-state index in [1.165, 1.54) is 0 Å². The molecule has 0 saturated carbocycles. The van der Waals surface area contributed by atoms with Crippen LogP contribution in [0.5, 0.6) is 0 Å². The second-order valence-corrected chi connectivity index (χ2v) is 4.71. The zero-order chi connectivity index (χ0) is 12.2. The number of benzene rings is 2. The fourth-order valence-corrected chi connectivity index (χ4v) is 2.92. The van der Waals surface area contributed by atoms with Crippen LogP contribution in [0, 0.1) is 0 Å². The molecular weight excluding hydrogens is 228 g/mol. The van der Waals surface area contributed by atoms with Crippen LogP contribution in [0.3, 0.4) is 0 Å². The van der Waals surface area contributed by atoms with Gasteiger partial charge in [0.25, 0.3) is 5.79 Å². The van der Waals surface area contributed by atoms with E-state index in [-0.39, 0.29) is 5.78 Å². The van der Waals surface area contributed by atoms with E-state index in [0.717, 1.165) is 22.8 Å². The molecular formula is C15H12O3. The van der Waals surface area contributed by atoms with Gasteiger partial charge in [0.05, 0.1) is 13.2 Å². The van der Waals surface area contributed by atoms with Gasteiger partial charge in [-0.25, -0.2) is 0 Å². The molecule has 0 amide bonds. The lowest BCUT2D eigenvalue weighted by Crippen LogP contribution is -2.42. The molecule has 1 heterocycles. The van der Waals surface area contributed by atoms with Crippen molar-refractivity contribution in [3.05, 3.63) is 47.5 Å². The maximum Gasteiger partial charge on any atom is 0.261 e. The SMILES string of the molecule is O=C1c2cccc3cccc(c23)C12OCCCO2. The van der Waals surface area contributed by atoms with Gasteiger partial charge in [0.1, 0.15) is 0 Å². The highest BCUT2D eigenvalue weighted by molar-refractivity contribution is 6.18. The van der Waals surface area contributed by atoms with E-state index >= 15 is 0 Å². The largest absolute Gasteiger partial charge is 0.340 e. The Hall–Kier alpha value is -1.71. The fourth-order valence-electron chi connectivity index (χ4n) is 2.92. The summed E-state index contributed by atoms with van der Waals surface area (Å²) in [4.78, 5) is 12.6. The summed E-state index contributed by atoms with van der Waals surface area (Å²) in [5.74, 6) is -1.24. The van der Waals surface area contributed by atoms with Crippen molar-refractivity contribution in [3.63, 3.8) is 0 Å². The van der Waals surface area contributed by atoms with E-state index < -0.39 is 5.79 Å². The van der Waals surface area contributed by atoms with Crippen molar-refractivity contribution < 1.29 is 14.3 Å². The second kappa shape index (κ2) is 3.40. The standard InChI is InChI=1S/C15H12O3/c16-14-11-6-1-4-10-5-2-7-12(13(10)11)15(14)17-8-3-9-18-15/h1-2,4-7H,3,8-9H2. The topological polar surface area (TPSA) is 35.5 Å². The first-order chi connectivity index (χ1) is 8.83. The Morgan fingerprint density at radius 1 is 1.00 bits per heavy atom. The molecule has 3 nitrogen and oxygen atoms in total. The zero-order valence-electron chi connectivity index (χ0n) is 9.81. The van der Waals surface area contributed by atoms with Gasteiger partial charge in [-0.1, -0.05) is 36.4 Å². The molecule has 0 aromatic heterocycles. The molecule has 1 spiro atoms. The number of rotatable bonds is 0. The number of fused-ring (bicyclic) bond motifs is 1. The maximum absolute atomic E-state index is 12.6. The van der Waals surface area contributed by atoms with Gasteiger partial charge in [0, 0.05) is 16.5 Å². The van der Waals surface area contributed by atoms with E-state index in [1.54, 1.807) is 0 Å². The molecule has 0 unspecified atom stereocenters. The number of carbonyl (C=O) groups is 1. The quantitative estimate of drug-likeness (QED) is 0.710. The predicted molar refractivity (Wildman–Crippen MR) is 66.5 cm³/mol. The van der Waals surface area contributed by atoms with Crippen molar-refractivity contribution >= 4 is 16.6 Å². The zero-order valence-corrected chi connectivity index (χ0v) is 9.81. The second-order valence-electron chi connectivity index (χ2n) is 4.71. The number of hydrogen-bond acceptors (Lipinski definition) is 3. The van der Waals surface area contributed by atoms with E-state index in [9.17, 15) is 4.79 Å². The monoisotopic (exact) mass is 240 g/mol. The van der Waals surface area contributed by atoms with Gasteiger partial charge in [0.15, 0.2) is 0 Å². The third kappa shape index (κ3) is 1.08. The molecule has 90 valence electrons. The van der Waals surface area contributed by atoms with Gasteiger partial charge in [-0.05, 0) is 11.8 Å². The Kier molecular flexibility index (Phi) is 1.93. The van der Waals surface area contributed by atoms with Crippen molar-refractivity contribution in [1.82, 2.24) is 0 Å². The highest BCUT2D eigenvalue weighted by atomic mass is 16.7. The summed E-state index contributed by atoms with van der Waals surface area (Å²) < 4.78 is 11.5. The van der Waals surface area contributed by atoms with Gasteiger partial charge in [-0.2, -0.15) is 0 Å². The number of ketones is 1. The van der Waals surface area contributed by atoms with Crippen LogP contribution < -0.4 is 0 Å². The number of hydrogen-bond donors (Lipinski definition) is 0. The third-order valence-electron chi connectivity index (χ3n) is 3.70. The average molecular weight is 240 g/mol. The van der Waals surface area contributed by atoms with E-state index in [1.807, 2.05) is 36.4 Å². The lowest BCUT2D eigenvalue weighted by Gasteiger charge is -2.32. The number of Topliss-reactive ketones (excluding diaryl/α,β-unsaturated/α-hetero) is 1. The molecule has 0 atom stereocenters. The maximum atomic E-state index is 12.6. The summed E-state index contributed by atoms with van der Waals surface area (Å²) in [5.41, 5.74) is 1.57. The van der Waals surface area contributed by atoms with Crippen LogP contribution in [0.2, 0.25) is 0 Å². The smallest absolute Gasteiger partial charge is 0.261 e. The molecule has 1 saturated heterocycles. The molecule has 4 rings (SSSR count). The Balaban J connectivity index is 2.07. The minimum Gasteiger partial charge on any atom is -0.340 e. The van der Waals surface area contributed by atoms with Crippen LogP contribution in [0.15, 0.2) is 36.4 Å². The Morgan fingerprint density at radius 3 is 2.50 bits per heavy atom. The molecule has 2 aromatic carbocycles. The van der Waals surface area contributed by atoms with E-state index in [0.29, 0.717) is 18.8 Å². The van der Waals surface area contributed by atoms with Crippen LogP contribution in [-0.4, -0.2) is 19.0 Å². The molecule has 0 N–H and O–H groups in total. The lowest BCUT2D eigenvalue weighted by atomic mass is 10.0. The van der Waals surface area contributed by atoms with Gasteiger partial charge >= 0.3 is 0 Å². The van der Waals surface area contributed by atoms with Crippen molar-refractivity contribution in [1.29, 1.82) is 0 Å². The highest BCUT2D eigenvalue weighted by Gasteiger charge is 2.51. The van der Waals surface area contributed by atoms with Crippen molar-refractivity contribution in [2.24, 2.45) is 0 Å². The molecule has 1 aliphatic carbocycles. The predicted octanol–water partition coefficient (Wildman–Crippen LogP) is 2.63. The molecule has 2 aromatic rings. The minimum absolute atomic E-state index is 0.0611. The summed E-state index contributed by atoms with van der Waals surface area (Å²) in [6.45, 7) is 1.13. The molecule has 1 fully saturated rings. The normalized spacial score (nSPS) is 20.8. The van der Waals surface area contributed by atoms with Crippen molar-refractivity contribution in [2.45, 2.75) is 12.2 Å². The molecule has 0 bridgehead atoms. The summed E-state index contributed by atoms with van der Waals surface area (Å²) in [7, 11) is 0. The van der Waals surface area contributed by atoms with Gasteiger partial charge in [0.2, 0.25) is 5.78 Å². The van der Waals surface area contributed by atoms with E-state index in [4.69, 9.17) is 9.47 Å². The van der Waals surface area contributed by atoms with Gasteiger partial charge < -0.3 is 9.47 Å². The third-order valence-corrected chi connectivity index (χ3v) is 3.70. The lowest BCUT2D eigenvalue weighted by molar-refractivity contribution is -0.238. The summed E-state index contributed by atoms with van der Waals surface area (Å²) in [5, 5.41) is 2.04. The number of carbonyl (C=O) groups excluding carboxylic acids is 1. The van der Waals surface area contributed by atoms with Gasteiger partial charge in [-0.3, -0.25) is 4.79 Å². The summed E-state index contributed by atoms with van der Waals surface area (Å²) in [6.07, 6.45) is 0.835. The van der Waals surface area contributed by atoms with Crippen molar-refractivity contribution in [2.75, 3.05) is 13.2 Å². The minimum atomic E-state index is -1.18. The molecule has 1 aliphatic heterocycles. The highest BCUT2D eigenvalue weighted by Crippen LogP contribution is 2.45. The molecule has 3 heteroatoms. The Bertz CT molecular complexity index is 649. The van der Waals surface area contributed by atoms with Crippen LogP contribution in [0.25, 0.3) is 10.8 Å². The van der Waals surface area contributed by atoms with Crippen LogP contribution in [-0.2, 0) is 15.3 Å². The van der Waals surface area contributed by atoms with Crippen LogP contribution in [0.4, 0.5) is 0 Å². The van der Waals surface area contributed by atoms with E-state index in [2.05, 4.69) is 0 Å². The first-order valence-electron chi connectivity index (χ1n) is 6.18.